The number of carbonyl (C=O) groups is 1. The van der Waals surface area contributed by atoms with Crippen molar-refractivity contribution in [2.45, 2.75) is 43.9 Å². The van der Waals surface area contributed by atoms with Crippen molar-refractivity contribution < 1.29 is 4.79 Å². The molecule has 9 rings (SSSR count). The Hall–Kier alpha value is -4.62. The van der Waals surface area contributed by atoms with Gasteiger partial charge in [0, 0.05) is 59.8 Å². The molecule has 268 valence electrons. The first-order valence-electron chi connectivity index (χ1n) is 18.7. The van der Waals surface area contributed by atoms with Gasteiger partial charge in [0.25, 0.3) is 0 Å². The quantitative estimate of drug-likeness (QED) is 0.199. The highest BCUT2D eigenvalue weighted by Crippen LogP contribution is 2.44. The molecule has 2 atom stereocenters. The highest BCUT2D eigenvalue weighted by molar-refractivity contribution is 6.31. The van der Waals surface area contributed by atoms with Crippen molar-refractivity contribution in [3.63, 3.8) is 0 Å². The number of halogens is 2. The van der Waals surface area contributed by atoms with E-state index in [1.54, 1.807) is 12.4 Å². The van der Waals surface area contributed by atoms with Crippen LogP contribution in [-0.2, 0) is 11.2 Å². The molecule has 53 heavy (non-hydrogen) atoms. The van der Waals surface area contributed by atoms with Crippen LogP contribution in [0.1, 0.15) is 87.9 Å². The van der Waals surface area contributed by atoms with E-state index in [2.05, 4.69) is 64.9 Å². The van der Waals surface area contributed by atoms with Crippen LogP contribution >= 0.6 is 23.2 Å². The number of aromatic nitrogens is 3. The summed E-state index contributed by atoms with van der Waals surface area (Å²) in [5, 5.41) is 5.01. The molecule has 0 bridgehead atoms. The average molecular weight is 741 g/mol. The molecule has 5 aromatic rings. The van der Waals surface area contributed by atoms with Crippen LogP contribution in [0.3, 0.4) is 0 Å². The standard InChI is InChI=1S/C26H24ClN3O.C19H19ClN2/c27-22-5-6-23-21(17-22)4-3-20-2-1-11-29-26(20)25(23)19-9-14-30(15-10-19)24(31)16-18-7-12-28-13-8-18;20-16-5-6-17-15(12-16)4-3-14-2-1-9-22-19(14)18(17)13-7-10-21-11-8-13/h1-8,11-13,17,19,25H,9-10,14-16H2;1-6,9,12-13,18,21H,7-8,10-11H2. The van der Waals surface area contributed by atoms with E-state index in [1.165, 1.54) is 40.8 Å². The summed E-state index contributed by atoms with van der Waals surface area (Å²) in [6.07, 6.45) is 20.7. The van der Waals surface area contributed by atoms with E-state index in [0.717, 1.165) is 71.5 Å². The third-order valence-corrected chi connectivity index (χ3v) is 11.8. The Kier molecular flexibility index (Phi) is 10.8. The number of nitrogens with zero attached hydrogens (tertiary/aromatic N) is 4. The summed E-state index contributed by atoms with van der Waals surface area (Å²) in [7, 11) is 0. The number of nitrogens with one attached hydrogen (secondary N) is 1. The lowest BCUT2D eigenvalue weighted by molar-refractivity contribution is -0.131. The Morgan fingerprint density at radius 3 is 1.70 bits per heavy atom. The molecule has 2 saturated heterocycles. The van der Waals surface area contributed by atoms with Gasteiger partial charge in [-0.15, -0.1) is 0 Å². The van der Waals surface area contributed by atoms with Crippen LogP contribution in [0.4, 0.5) is 0 Å². The smallest absolute Gasteiger partial charge is 0.226 e. The highest BCUT2D eigenvalue weighted by atomic mass is 35.5. The van der Waals surface area contributed by atoms with Crippen molar-refractivity contribution in [3.05, 3.63) is 158 Å². The summed E-state index contributed by atoms with van der Waals surface area (Å²) in [6.45, 7) is 3.76. The summed E-state index contributed by atoms with van der Waals surface area (Å²) in [4.78, 5) is 28.4. The summed E-state index contributed by atoms with van der Waals surface area (Å²) >= 11 is 12.5. The van der Waals surface area contributed by atoms with Crippen molar-refractivity contribution in [2.24, 2.45) is 11.8 Å². The molecule has 2 unspecified atom stereocenters. The molecule has 0 saturated carbocycles. The minimum Gasteiger partial charge on any atom is -0.342 e. The SMILES string of the molecule is Clc1ccc2c(c1)C=Cc1cccnc1C2C1CCNCC1.O=C(Cc1ccncc1)N1CCC(C2c3ccc(Cl)cc3C=Cc3cccnc32)CC1. The molecule has 0 radical (unpaired) electrons. The van der Waals surface area contributed by atoms with Crippen LogP contribution in [0.15, 0.2) is 97.6 Å². The van der Waals surface area contributed by atoms with Crippen LogP contribution in [0.25, 0.3) is 24.3 Å². The first kappa shape index (κ1) is 35.4. The lowest BCUT2D eigenvalue weighted by Gasteiger charge is -2.37. The third kappa shape index (κ3) is 7.87. The number of rotatable bonds is 4. The van der Waals surface area contributed by atoms with Crippen LogP contribution < -0.4 is 5.32 Å². The normalized spacial score (nSPS) is 19.4. The Balaban J connectivity index is 0.000000160. The van der Waals surface area contributed by atoms with E-state index >= 15 is 0 Å². The maximum atomic E-state index is 12.8. The summed E-state index contributed by atoms with van der Waals surface area (Å²) in [5.41, 5.74) is 10.8. The van der Waals surface area contributed by atoms with Gasteiger partial charge in [-0.25, -0.2) is 0 Å². The van der Waals surface area contributed by atoms with Gasteiger partial charge in [0.2, 0.25) is 5.91 Å². The second-order valence-corrected chi connectivity index (χ2v) is 15.3. The number of benzene rings is 2. The molecule has 0 spiro atoms. The minimum absolute atomic E-state index is 0.192. The van der Waals surface area contributed by atoms with Crippen molar-refractivity contribution >= 4 is 53.4 Å². The van der Waals surface area contributed by atoms with Crippen molar-refractivity contribution in [2.75, 3.05) is 26.2 Å². The molecule has 1 N–H and O–H groups in total. The number of hydrogen-bond donors (Lipinski definition) is 1. The Labute approximate surface area is 322 Å². The Morgan fingerprint density at radius 2 is 1.15 bits per heavy atom. The largest absolute Gasteiger partial charge is 0.342 e. The Morgan fingerprint density at radius 1 is 0.642 bits per heavy atom. The van der Waals surface area contributed by atoms with Crippen LogP contribution in [0, 0.1) is 11.8 Å². The van der Waals surface area contributed by atoms with Crippen LogP contribution in [0.5, 0.6) is 0 Å². The van der Waals surface area contributed by atoms with E-state index in [1.807, 2.05) is 59.8 Å². The molecule has 2 aliphatic heterocycles. The Bertz CT molecular complexity index is 2140. The number of amides is 1. The lowest BCUT2D eigenvalue weighted by Crippen LogP contribution is -2.40. The molecule has 4 aliphatic rings. The van der Waals surface area contributed by atoms with E-state index in [0.29, 0.717) is 24.2 Å². The van der Waals surface area contributed by atoms with Crippen LogP contribution in [-0.4, -0.2) is 51.9 Å². The summed E-state index contributed by atoms with van der Waals surface area (Å²) in [6, 6.07) is 24.6. The van der Waals surface area contributed by atoms with Crippen LogP contribution in [0.2, 0.25) is 10.0 Å². The average Bonchev–Trinajstić information content (AvgIpc) is 3.46. The molecule has 2 fully saturated rings. The molecule has 2 aromatic carbocycles. The van der Waals surface area contributed by atoms with Gasteiger partial charge in [0.1, 0.15) is 0 Å². The first-order chi connectivity index (χ1) is 26.0. The van der Waals surface area contributed by atoms with E-state index in [-0.39, 0.29) is 11.8 Å². The van der Waals surface area contributed by atoms with Gasteiger partial charge in [0.15, 0.2) is 0 Å². The predicted octanol–water partition coefficient (Wildman–Crippen LogP) is 9.58. The van der Waals surface area contributed by atoms with Gasteiger partial charge < -0.3 is 10.2 Å². The van der Waals surface area contributed by atoms with Gasteiger partial charge in [0.05, 0.1) is 17.8 Å². The van der Waals surface area contributed by atoms with Crippen molar-refractivity contribution in [3.8, 4) is 0 Å². The molecule has 3 aromatic heterocycles. The zero-order valence-electron chi connectivity index (χ0n) is 29.7. The molecule has 2 aliphatic carbocycles. The van der Waals surface area contributed by atoms with E-state index in [4.69, 9.17) is 33.2 Å². The fourth-order valence-electron chi connectivity index (χ4n) is 8.66. The maximum Gasteiger partial charge on any atom is 0.226 e. The highest BCUT2D eigenvalue weighted by Gasteiger charge is 2.34. The van der Waals surface area contributed by atoms with Crippen molar-refractivity contribution in [1.82, 2.24) is 25.2 Å². The zero-order chi connectivity index (χ0) is 36.1. The number of hydrogen-bond acceptors (Lipinski definition) is 5. The number of piperidine rings is 2. The second kappa shape index (κ2) is 16.2. The van der Waals surface area contributed by atoms with Gasteiger partial charge >= 0.3 is 0 Å². The van der Waals surface area contributed by atoms with E-state index < -0.39 is 0 Å². The zero-order valence-corrected chi connectivity index (χ0v) is 31.2. The van der Waals surface area contributed by atoms with Crippen molar-refractivity contribution in [1.29, 1.82) is 0 Å². The second-order valence-electron chi connectivity index (χ2n) is 14.5. The number of carbonyl (C=O) groups excluding carboxylic acids is 1. The predicted molar refractivity (Wildman–Crippen MR) is 216 cm³/mol. The van der Waals surface area contributed by atoms with Gasteiger partial charge in [-0.1, -0.05) is 71.8 Å². The summed E-state index contributed by atoms with van der Waals surface area (Å²) in [5.74, 6) is 1.82. The van der Waals surface area contributed by atoms with E-state index in [9.17, 15) is 4.79 Å². The fraction of sp³-hybridized carbons (Fsp3) is 0.289. The molecule has 6 nitrogen and oxygen atoms in total. The molecular formula is C45H43Cl2N5O. The molecule has 1 amide bonds. The van der Waals surface area contributed by atoms with Gasteiger partial charge in [-0.05, 0) is 138 Å². The fourth-order valence-corrected chi connectivity index (χ4v) is 9.02. The molecular weight excluding hydrogens is 697 g/mol. The molecule has 5 heterocycles. The lowest BCUT2D eigenvalue weighted by atomic mass is 9.76. The topological polar surface area (TPSA) is 71.0 Å². The minimum atomic E-state index is 0.192. The first-order valence-corrected chi connectivity index (χ1v) is 19.5. The van der Waals surface area contributed by atoms with Gasteiger partial charge in [-0.2, -0.15) is 0 Å². The molecule has 8 heteroatoms. The monoisotopic (exact) mass is 739 g/mol. The number of likely N-dealkylation sites (tertiary alicyclic amines) is 1. The van der Waals surface area contributed by atoms with Gasteiger partial charge in [-0.3, -0.25) is 19.7 Å². The maximum absolute atomic E-state index is 12.8. The third-order valence-electron chi connectivity index (χ3n) is 11.3. The summed E-state index contributed by atoms with van der Waals surface area (Å²) < 4.78 is 0. The number of fused-ring (bicyclic) bond motifs is 4. The number of pyridine rings is 3.